The molecule has 2 aromatic carbocycles. The molecular weight excluding hydrogens is 530 g/mol. The van der Waals surface area contributed by atoms with E-state index in [1.165, 1.54) is 11.3 Å². The van der Waals surface area contributed by atoms with Gasteiger partial charge in [-0.2, -0.15) is 0 Å². The Kier molecular flexibility index (Phi) is 7.88. The first-order valence-electron chi connectivity index (χ1n) is 10.2. The molecule has 2 N–H and O–H groups in total. The molecule has 0 aliphatic heterocycles. The Morgan fingerprint density at radius 3 is 2.62 bits per heavy atom. The number of carbonyl (C=O) groups is 2. The van der Waals surface area contributed by atoms with Gasteiger partial charge in [0, 0.05) is 27.2 Å². The molecule has 1 fully saturated rings. The van der Waals surface area contributed by atoms with Gasteiger partial charge in [0.05, 0.1) is 15.2 Å². The topological polar surface area (TPSA) is 71.1 Å². The minimum absolute atomic E-state index is 0.00308. The summed E-state index contributed by atoms with van der Waals surface area (Å²) >= 11 is 12.7. The third-order valence-electron chi connectivity index (χ3n) is 5.21. The van der Waals surface area contributed by atoms with Crippen LogP contribution in [-0.2, 0) is 5.75 Å². The van der Waals surface area contributed by atoms with Crippen molar-refractivity contribution in [1.82, 2.24) is 4.98 Å². The molecule has 1 aromatic heterocycles. The molecule has 0 saturated heterocycles. The standard InChI is InChI=1S/C23H21BrClN3O2S2/c24-21-19(13-31-16-8-2-1-3-9-16)27-23(32-21)28-22(30)26-18-11-10-15(25)12-17(18)20(29)14-6-4-5-7-14/h1-3,8-12,14H,4-7,13H2,(H2,26,27,28,30). The van der Waals surface area contributed by atoms with Crippen LogP contribution in [0.3, 0.4) is 0 Å². The van der Waals surface area contributed by atoms with Gasteiger partial charge in [0.2, 0.25) is 0 Å². The van der Waals surface area contributed by atoms with Gasteiger partial charge < -0.3 is 5.32 Å². The van der Waals surface area contributed by atoms with Crippen LogP contribution in [0.25, 0.3) is 0 Å². The maximum absolute atomic E-state index is 12.9. The van der Waals surface area contributed by atoms with Gasteiger partial charge >= 0.3 is 6.03 Å². The number of amides is 2. The van der Waals surface area contributed by atoms with E-state index in [0.717, 1.165) is 40.1 Å². The highest BCUT2D eigenvalue weighted by Gasteiger charge is 2.26. The second kappa shape index (κ2) is 10.8. The summed E-state index contributed by atoms with van der Waals surface area (Å²) in [6.45, 7) is 0. The molecule has 1 aliphatic rings. The van der Waals surface area contributed by atoms with Crippen molar-refractivity contribution in [2.45, 2.75) is 36.3 Å². The number of halogens is 2. The summed E-state index contributed by atoms with van der Waals surface area (Å²) in [4.78, 5) is 31.3. The minimum Gasteiger partial charge on any atom is -0.307 e. The number of anilines is 2. The second-order valence-corrected chi connectivity index (χ2v) is 11.3. The highest BCUT2D eigenvalue weighted by Crippen LogP contribution is 2.34. The Morgan fingerprint density at radius 1 is 1.12 bits per heavy atom. The van der Waals surface area contributed by atoms with Crippen molar-refractivity contribution in [1.29, 1.82) is 0 Å². The van der Waals surface area contributed by atoms with Gasteiger partial charge in [-0.25, -0.2) is 9.78 Å². The van der Waals surface area contributed by atoms with E-state index in [4.69, 9.17) is 11.6 Å². The molecule has 3 aromatic rings. The quantitative estimate of drug-likeness (QED) is 0.232. The number of thiazole rings is 1. The van der Waals surface area contributed by atoms with Crippen molar-refractivity contribution >= 4 is 73.3 Å². The monoisotopic (exact) mass is 549 g/mol. The number of ketones is 1. The highest BCUT2D eigenvalue weighted by molar-refractivity contribution is 9.11. The molecule has 0 atom stereocenters. The lowest BCUT2D eigenvalue weighted by atomic mass is 9.95. The number of hydrogen-bond donors (Lipinski definition) is 2. The van der Waals surface area contributed by atoms with E-state index < -0.39 is 6.03 Å². The molecule has 32 heavy (non-hydrogen) atoms. The Balaban J connectivity index is 1.41. The maximum Gasteiger partial charge on any atom is 0.325 e. The SMILES string of the molecule is O=C(Nc1nc(CSc2ccccc2)c(Br)s1)Nc1ccc(Cl)cc1C(=O)C1CCCC1. The predicted molar refractivity (Wildman–Crippen MR) is 136 cm³/mol. The van der Waals surface area contributed by atoms with Gasteiger partial charge in [-0.15, -0.1) is 11.8 Å². The first-order valence-corrected chi connectivity index (χ1v) is 13.2. The number of rotatable bonds is 7. The zero-order valence-corrected chi connectivity index (χ0v) is 21.0. The lowest BCUT2D eigenvalue weighted by Crippen LogP contribution is -2.22. The minimum atomic E-state index is -0.448. The van der Waals surface area contributed by atoms with E-state index in [0.29, 0.717) is 27.2 Å². The van der Waals surface area contributed by atoms with E-state index in [1.807, 2.05) is 30.3 Å². The lowest BCUT2D eigenvalue weighted by Gasteiger charge is -2.14. The number of nitrogens with one attached hydrogen (secondary N) is 2. The zero-order valence-electron chi connectivity index (χ0n) is 17.1. The van der Waals surface area contributed by atoms with Crippen LogP contribution in [0.5, 0.6) is 0 Å². The molecule has 1 saturated carbocycles. The summed E-state index contributed by atoms with van der Waals surface area (Å²) in [6, 6.07) is 14.6. The first kappa shape index (κ1) is 23.3. The van der Waals surface area contributed by atoms with Gasteiger partial charge in [-0.05, 0) is 59.1 Å². The van der Waals surface area contributed by atoms with E-state index >= 15 is 0 Å². The van der Waals surface area contributed by atoms with E-state index in [9.17, 15) is 9.59 Å². The molecule has 1 heterocycles. The van der Waals surface area contributed by atoms with E-state index in [-0.39, 0.29) is 11.7 Å². The van der Waals surface area contributed by atoms with Crippen LogP contribution in [0.1, 0.15) is 41.7 Å². The Morgan fingerprint density at radius 2 is 1.88 bits per heavy atom. The Bertz CT molecular complexity index is 1120. The molecule has 4 rings (SSSR count). The van der Waals surface area contributed by atoms with Crippen molar-refractivity contribution < 1.29 is 9.59 Å². The molecule has 166 valence electrons. The number of urea groups is 1. The number of carbonyl (C=O) groups excluding carboxylic acids is 2. The molecule has 0 bridgehead atoms. The predicted octanol–water partition coefficient (Wildman–Crippen LogP) is 7.87. The number of aromatic nitrogens is 1. The fourth-order valence-corrected chi connectivity index (χ4v) is 6.34. The van der Waals surface area contributed by atoms with Crippen LogP contribution in [0.2, 0.25) is 5.02 Å². The zero-order chi connectivity index (χ0) is 22.5. The fourth-order valence-electron chi connectivity index (χ4n) is 3.63. The smallest absolute Gasteiger partial charge is 0.307 e. The highest BCUT2D eigenvalue weighted by atomic mass is 79.9. The number of nitrogens with zero attached hydrogens (tertiary/aromatic N) is 1. The van der Waals surface area contributed by atoms with Gasteiger partial charge in [-0.1, -0.05) is 54.0 Å². The third-order valence-corrected chi connectivity index (χ3v) is 8.21. The van der Waals surface area contributed by atoms with Gasteiger partial charge in [0.1, 0.15) is 0 Å². The molecule has 2 amide bonds. The van der Waals surface area contributed by atoms with Crippen LogP contribution >= 0.6 is 50.6 Å². The molecule has 1 aliphatic carbocycles. The summed E-state index contributed by atoms with van der Waals surface area (Å²) in [6.07, 6.45) is 3.88. The normalized spacial score (nSPS) is 13.8. The summed E-state index contributed by atoms with van der Waals surface area (Å²) < 4.78 is 0.875. The molecule has 0 radical (unpaired) electrons. The van der Waals surface area contributed by atoms with Crippen LogP contribution in [0, 0.1) is 5.92 Å². The van der Waals surface area contributed by atoms with Crippen LogP contribution in [0.4, 0.5) is 15.6 Å². The van der Waals surface area contributed by atoms with Gasteiger partial charge in [0.15, 0.2) is 10.9 Å². The summed E-state index contributed by atoms with van der Waals surface area (Å²) in [5.74, 6) is 0.718. The summed E-state index contributed by atoms with van der Waals surface area (Å²) in [7, 11) is 0. The molecule has 0 unspecified atom stereocenters. The first-order chi connectivity index (χ1) is 15.5. The molecule has 5 nitrogen and oxygen atoms in total. The van der Waals surface area contributed by atoms with Crippen LogP contribution in [0.15, 0.2) is 57.2 Å². The second-order valence-electron chi connectivity index (χ2n) is 7.46. The largest absolute Gasteiger partial charge is 0.325 e. The van der Waals surface area contributed by atoms with Crippen molar-refractivity contribution in [2.24, 2.45) is 5.92 Å². The molecular formula is C23H21BrClN3O2S2. The molecule has 0 spiro atoms. The van der Waals surface area contributed by atoms with Crippen molar-refractivity contribution in [3.8, 4) is 0 Å². The average Bonchev–Trinajstić information content (AvgIpc) is 3.44. The van der Waals surface area contributed by atoms with Gasteiger partial charge in [0.25, 0.3) is 0 Å². The number of hydrogen-bond acceptors (Lipinski definition) is 5. The fraction of sp³-hybridized carbons (Fsp3) is 0.261. The summed E-state index contributed by atoms with van der Waals surface area (Å²) in [5, 5.41) is 6.52. The lowest BCUT2D eigenvalue weighted by molar-refractivity contribution is 0.0924. The van der Waals surface area contributed by atoms with E-state index in [1.54, 1.807) is 30.0 Å². The molecule has 9 heteroatoms. The third kappa shape index (κ3) is 5.92. The van der Waals surface area contributed by atoms with Crippen molar-refractivity contribution in [3.63, 3.8) is 0 Å². The maximum atomic E-state index is 12.9. The van der Waals surface area contributed by atoms with Crippen LogP contribution in [-0.4, -0.2) is 16.8 Å². The van der Waals surface area contributed by atoms with Crippen LogP contribution < -0.4 is 10.6 Å². The number of benzene rings is 2. The van der Waals surface area contributed by atoms with Crippen molar-refractivity contribution in [3.05, 3.63) is 68.6 Å². The summed E-state index contributed by atoms with van der Waals surface area (Å²) in [5.41, 5.74) is 1.78. The van der Waals surface area contributed by atoms with Crippen molar-refractivity contribution in [2.75, 3.05) is 10.6 Å². The van der Waals surface area contributed by atoms with E-state index in [2.05, 4.69) is 31.5 Å². The number of thioether (sulfide) groups is 1. The average molecular weight is 551 g/mol. The Hall–Kier alpha value is -1.87. The Labute approximate surface area is 208 Å². The number of Topliss-reactive ketones (excluding diaryl/α,β-unsaturated/α-hetero) is 1. The van der Waals surface area contributed by atoms with Gasteiger partial charge in [-0.3, -0.25) is 10.1 Å².